The van der Waals surface area contributed by atoms with Crippen molar-refractivity contribution in [1.29, 1.82) is 0 Å². The summed E-state index contributed by atoms with van der Waals surface area (Å²) in [7, 11) is 0.565. The topological polar surface area (TPSA) is 75.0 Å². The van der Waals surface area contributed by atoms with E-state index in [1.165, 1.54) is 0 Å². The maximum atomic E-state index is 9.79. The van der Waals surface area contributed by atoms with Crippen molar-refractivity contribution in [2.75, 3.05) is 27.6 Å². The third kappa shape index (κ3) is 5.69. The monoisotopic (exact) mass is 304 g/mol. The van der Waals surface area contributed by atoms with Crippen LogP contribution >= 0.6 is 0 Å². The minimum absolute atomic E-state index is 0.0505. The average molecular weight is 304 g/mol. The molecule has 0 saturated heterocycles. The molecule has 20 heavy (non-hydrogen) atoms. The van der Waals surface area contributed by atoms with Crippen LogP contribution in [0.2, 0.25) is 6.04 Å². The van der Waals surface area contributed by atoms with Crippen molar-refractivity contribution in [1.82, 2.24) is 9.55 Å². The van der Waals surface area contributed by atoms with E-state index in [4.69, 9.17) is 18.0 Å². The molecule has 1 aromatic rings. The number of imidazole rings is 1. The van der Waals surface area contributed by atoms with Gasteiger partial charge in [-0.15, -0.1) is 0 Å². The lowest BCUT2D eigenvalue weighted by Crippen LogP contribution is -2.44. The van der Waals surface area contributed by atoms with Crippen LogP contribution in [0.3, 0.4) is 0 Å². The van der Waals surface area contributed by atoms with Gasteiger partial charge < -0.3 is 27.7 Å². The lowest BCUT2D eigenvalue weighted by Gasteiger charge is -2.26. The molecule has 0 spiro atoms. The van der Waals surface area contributed by atoms with Crippen molar-refractivity contribution in [2.24, 2.45) is 0 Å². The van der Waals surface area contributed by atoms with Gasteiger partial charge in [0.2, 0.25) is 0 Å². The molecule has 1 rings (SSSR count). The van der Waals surface area contributed by atoms with Crippen LogP contribution in [0.5, 0.6) is 0 Å². The van der Waals surface area contributed by atoms with Gasteiger partial charge in [-0.2, -0.15) is 0 Å². The molecule has 1 unspecified atom stereocenters. The van der Waals surface area contributed by atoms with E-state index >= 15 is 0 Å². The van der Waals surface area contributed by atoms with Crippen LogP contribution in [-0.2, 0) is 24.6 Å². The lowest BCUT2D eigenvalue weighted by molar-refractivity contribution is -0.0626. The Balaban J connectivity index is 2.22. The molecule has 0 aliphatic carbocycles. The second-order valence-corrected chi connectivity index (χ2v) is 7.36. The predicted octanol–water partition coefficient (Wildman–Crippen LogP) is 0.876. The molecule has 1 N–H and O–H groups in total. The Morgan fingerprint density at radius 2 is 2.10 bits per heavy atom. The Morgan fingerprint density at radius 1 is 1.35 bits per heavy atom. The molecule has 7 nitrogen and oxygen atoms in total. The molecule has 8 heteroatoms. The standard InChI is InChI=1S/C12H24N2O5Si/c1-4-7-20(16-2,17-3)19-11-18-9-12(15)8-14-6-5-13-10-14/h5-6,10,12,15H,4,7-9,11H2,1-3H3. The quantitative estimate of drug-likeness (QED) is 0.371. The van der Waals surface area contributed by atoms with Gasteiger partial charge in [-0.25, -0.2) is 4.98 Å². The van der Waals surface area contributed by atoms with Gasteiger partial charge in [-0.1, -0.05) is 13.3 Å². The molecule has 0 bridgehead atoms. The van der Waals surface area contributed by atoms with Gasteiger partial charge >= 0.3 is 8.80 Å². The van der Waals surface area contributed by atoms with Gasteiger partial charge in [0.15, 0.2) is 0 Å². The number of nitrogens with zero attached hydrogens (tertiary/aromatic N) is 2. The average Bonchev–Trinajstić information content (AvgIpc) is 2.95. The van der Waals surface area contributed by atoms with Crippen molar-refractivity contribution < 1.29 is 23.1 Å². The van der Waals surface area contributed by atoms with Gasteiger partial charge in [0, 0.05) is 32.7 Å². The third-order valence-corrected chi connectivity index (χ3v) is 5.75. The number of hydrogen-bond donors (Lipinski definition) is 1. The van der Waals surface area contributed by atoms with E-state index in [9.17, 15) is 5.11 Å². The van der Waals surface area contributed by atoms with Gasteiger partial charge in [-0.05, 0) is 0 Å². The van der Waals surface area contributed by atoms with E-state index in [-0.39, 0.29) is 13.4 Å². The molecule has 0 saturated carbocycles. The summed E-state index contributed by atoms with van der Waals surface area (Å²) in [4.78, 5) is 3.91. The minimum Gasteiger partial charge on any atom is -0.389 e. The molecule has 0 radical (unpaired) electrons. The predicted molar refractivity (Wildman–Crippen MR) is 75.0 cm³/mol. The van der Waals surface area contributed by atoms with Crippen molar-refractivity contribution in [3.8, 4) is 0 Å². The zero-order valence-corrected chi connectivity index (χ0v) is 13.3. The first-order chi connectivity index (χ1) is 9.65. The van der Waals surface area contributed by atoms with Gasteiger partial charge in [-0.3, -0.25) is 0 Å². The Morgan fingerprint density at radius 3 is 2.65 bits per heavy atom. The number of aliphatic hydroxyl groups excluding tert-OH is 1. The van der Waals surface area contributed by atoms with E-state index in [0.29, 0.717) is 6.54 Å². The second kappa shape index (κ2) is 9.22. The van der Waals surface area contributed by atoms with Gasteiger partial charge in [0.1, 0.15) is 6.79 Å². The van der Waals surface area contributed by atoms with Crippen molar-refractivity contribution in [3.05, 3.63) is 18.7 Å². The molecule has 0 aliphatic rings. The van der Waals surface area contributed by atoms with Crippen LogP contribution in [0.1, 0.15) is 13.3 Å². The van der Waals surface area contributed by atoms with E-state index < -0.39 is 14.9 Å². The van der Waals surface area contributed by atoms with E-state index in [2.05, 4.69) is 4.98 Å². The molecule has 116 valence electrons. The summed E-state index contributed by atoms with van der Waals surface area (Å²) >= 11 is 0. The SMILES string of the molecule is CCC[Si](OC)(OC)OCOCC(O)Cn1ccnc1. The molecule has 1 atom stereocenters. The van der Waals surface area contributed by atoms with E-state index in [1.807, 2.05) is 6.92 Å². The fourth-order valence-corrected chi connectivity index (χ4v) is 3.62. The fourth-order valence-electron chi connectivity index (χ4n) is 1.79. The van der Waals surface area contributed by atoms with Crippen LogP contribution in [-0.4, -0.2) is 57.2 Å². The van der Waals surface area contributed by atoms with E-state index in [0.717, 1.165) is 12.5 Å². The van der Waals surface area contributed by atoms with Crippen molar-refractivity contribution in [2.45, 2.75) is 32.0 Å². The largest absolute Gasteiger partial charge is 0.502 e. The Kier molecular flexibility index (Phi) is 7.96. The first kappa shape index (κ1) is 17.3. The molecule has 0 aromatic carbocycles. The molecular formula is C12H24N2O5Si. The molecule has 1 aromatic heterocycles. The fraction of sp³-hybridized carbons (Fsp3) is 0.750. The summed E-state index contributed by atoms with van der Waals surface area (Å²) in [5, 5.41) is 9.79. The van der Waals surface area contributed by atoms with Crippen LogP contribution in [0.4, 0.5) is 0 Å². The highest BCUT2D eigenvalue weighted by Crippen LogP contribution is 2.15. The zero-order valence-electron chi connectivity index (χ0n) is 12.3. The third-order valence-electron chi connectivity index (χ3n) is 2.83. The van der Waals surface area contributed by atoms with Crippen LogP contribution < -0.4 is 0 Å². The number of hydrogen-bond acceptors (Lipinski definition) is 6. The Hall–Kier alpha value is -0.773. The number of rotatable bonds is 11. The maximum Gasteiger partial charge on any atom is 0.502 e. The van der Waals surface area contributed by atoms with Crippen molar-refractivity contribution in [3.63, 3.8) is 0 Å². The number of aromatic nitrogens is 2. The lowest BCUT2D eigenvalue weighted by atomic mass is 10.4. The Labute approximate surface area is 120 Å². The summed E-state index contributed by atoms with van der Waals surface area (Å²) < 4.78 is 23.4. The Bertz CT molecular complexity index is 346. The molecule has 0 aliphatic heterocycles. The highest BCUT2D eigenvalue weighted by atomic mass is 28.4. The highest BCUT2D eigenvalue weighted by Gasteiger charge is 2.37. The first-order valence-electron chi connectivity index (χ1n) is 6.61. The van der Waals surface area contributed by atoms with Crippen LogP contribution in [0.25, 0.3) is 0 Å². The number of ether oxygens (including phenoxy) is 1. The molecular weight excluding hydrogens is 280 g/mol. The summed E-state index contributed by atoms with van der Waals surface area (Å²) in [6.07, 6.45) is 5.40. The van der Waals surface area contributed by atoms with Crippen LogP contribution in [0, 0.1) is 0 Å². The first-order valence-corrected chi connectivity index (χ1v) is 8.54. The van der Waals surface area contributed by atoms with Gasteiger partial charge in [0.05, 0.1) is 25.6 Å². The van der Waals surface area contributed by atoms with Gasteiger partial charge in [0.25, 0.3) is 0 Å². The zero-order chi connectivity index (χ0) is 14.8. The maximum absolute atomic E-state index is 9.79. The summed E-state index contributed by atoms with van der Waals surface area (Å²) in [5.74, 6) is 0. The molecule has 0 fully saturated rings. The van der Waals surface area contributed by atoms with Crippen molar-refractivity contribution >= 4 is 8.80 Å². The highest BCUT2D eigenvalue weighted by molar-refractivity contribution is 6.60. The molecule has 1 heterocycles. The smallest absolute Gasteiger partial charge is 0.389 e. The summed E-state index contributed by atoms with van der Waals surface area (Å²) in [5.41, 5.74) is 0. The minimum atomic E-state index is -2.60. The number of aliphatic hydroxyl groups is 1. The summed E-state index contributed by atoms with van der Waals surface area (Å²) in [6, 6.07) is 0.737. The second-order valence-electron chi connectivity index (χ2n) is 4.39. The normalized spacial score (nSPS) is 13.6. The van der Waals surface area contributed by atoms with Crippen LogP contribution in [0.15, 0.2) is 18.7 Å². The molecule has 0 amide bonds. The van der Waals surface area contributed by atoms with E-state index in [1.54, 1.807) is 37.5 Å². The summed E-state index contributed by atoms with van der Waals surface area (Å²) in [6.45, 7) is 2.71.